The standard InChI is InChI=1S/C14H21N3O2S/c1-3-12(13(18)16-2)14(10-15)6-8-20(19,9-7-14)17-11-4-5-11/h3,11H,4-9H2,1-2H3,(H,16,18)/b12-3+. The van der Waals surface area contributed by atoms with Crippen LogP contribution in [0, 0.1) is 16.7 Å². The fourth-order valence-corrected chi connectivity index (χ4v) is 5.16. The minimum atomic E-state index is -2.17. The third kappa shape index (κ3) is 2.88. The Bertz CT molecular complexity index is 576. The second-order valence-electron chi connectivity index (χ2n) is 5.49. The number of carbonyl (C=O) groups is 1. The molecule has 0 spiro atoms. The highest BCUT2D eigenvalue weighted by Gasteiger charge is 2.42. The first-order valence-corrected chi connectivity index (χ1v) is 8.86. The van der Waals surface area contributed by atoms with Gasteiger partial charge in [0.15, 0.2) is 0 Å². The molecule has 0 atom stereocenters. The third-order valence-corrected chi connectivity index (χ3v) is 6.44. The summed E-state index contributed by atoms with van der Waals surface area (Å²) in [6, 6.07) is 2.57. The highest BCUT2D eigenvalue weighted by molar-refractivity contribution is 7.93. The van der Waals surface area contributed by atoms with Crippen LogP contribution < -0.4 is 5.32 Å². The molecule has 1 aliphatic carbocycles. The van der Waals surface area contributed by atoms with Gasteiger partial charge in [0.2, 0.25) is 5.91 Å². The summed E-state index contributed by atoms with van der Waals surface area (Å²) in [5.74, 6) is 0.623. The number of hydrogen-bond acceptors (Lipinski definition) is 4. The van der Waals surface area contributed by atoms with Crippen molar-refractivity contribution in [1.29, 1.82) is 5.26 Å². The average Bonchev–Trinajstić information content (AvgIpc) is 3.25. The number of rotatable bonds is 3. The average molecular weight is 295 g/mol. The van der Waals surface area contributed by atoms with Crippen LogP contribution in [-0.2, 0) is 14.5 Å². The monoisotopic (exact) mass is 295 g/mol. The lowest BCUT2D eigenvalue weighted by Gasteiger charge is -2.33. The molecular formula is C14H21N3O2S. The lowest BCUT2D eigenvalue weighted by Crippen LogP contribution is -2.39. The van der Waals surface area contributed by atoms with Gasteiger partial charge in [0.05, 0.1) is 17.5 Å². The molecule has 1 heterocycles. The minimum Gasteiger partial charge on any atom is -0.355 e. The summed E-state index contributed by atoms with van der Waals surface area (Å²) >= 11 is 0. The molecule has 6 heteroatoms. The lowest BCUT2D eigenvalue weighted by molar-refractivity contribution is -0.118. The molecule has 0 unspecified atom stereocenters. The molecule has 1 saturated heterocycles. The SMILES string of the molecule is C/C=C(\C(=O)NC)C1(C#N)CCS(=O)(=NC2CC2)CC1. The Morgan fingerprint density at radius 3 is 2.45 bits per heavy atom. The van der Waals surface area contributed by atoms with E-state index in [0.29, 0.717) is 29.9 Å². The van der Waals surface area contributed by atoms with Gasteiger partial charge in [-0.3, -0.25) is 4.79 Å². The minimum absolute atomic E-state index is 0.221. The Morgan fingerprint density at radius 1 is 1.45 bits per heavy atom. The van der Waals surface area contributed by atoms with Crippen LogP contribution in [0.15, 0.2) is 16.0 Å². The molecule has 5 nitrogen and oxygen atoms in total. The number of nitrogens with zero attached hydrogens (tertiary/aromatic N) is 2. The molecule has 1 amide bonds. The zero-order chi connectivity index (χ0) is 14.8. The lowest BCUT2D eigenvalue weighted by atomic mass is 9.75. The van der Waals surface area contributed by atoms with E-state index < -0.39 is 15.1 Å². The summed E-state index contributed by atoms with van der Waals surface area (Å²) in [5, 5.41) is 12.1. The fourth-order valence-electron chi connectivity index (χ4n) is 2.65. The van der Waals surface area contributed by atoms with Crippen molar-refractivity contribution in [2.45, 2.75) is 38.6 Å². The summed E-state index contributed by atoms with van der Waals surface area (Å²) in [4.78, 5) is 11.9. The van der Waals surface area contributed by atoms with Crippen LogP contribution in [0.2, 0.25) is 0 Å². The van der Waals surface area contributed by atoms with Gasteiger partial charge in [-0.25, -0.2) is 8.57 Å². The number of hydrogen-bond donors (Lipinski definition) is 1. The zero-order valence-corrected chi connectivity index (χ0v) is 12.8. The van der Waals surface area contributed by atoms with Crippen molar-refractivity contribution in [2.24, 2.45) is 9.78 Å². The number of nitriles is 1. The van der Waals surface area contributed by atoms with Crippen molar-refractivity contribution >= 4 is 15.6 Å². The Hall–Kier alpha value is -1.35. The molecule has 1 N–H and O–H groups in total. The molecule has 2 rings (SSSR count). The van der Waals surface area contributed by atoms with E-state index in [0.717, 1.165) is 12.8 Å². The second-order valence-corrected chi connectivity index (χ2v) is 8.07. The normalized spacial score (nSPS) is 34.1. The molecular weight excluding hydrogens is 274 g/mol. The molecule has 1 aliphatic heterocycles. The van der Waals surface area contributed by atoms with Gasteiger partial charge in [-0.1, -0.05) is 6.08 Å². The summed E-state index contributed by atoms with van der Waals surface area (Å²) < 4.78 is 17.0. The summed E-state index contributed by atoms with van der Waals surface area (Å²) in [5.41, 5.74) is -0.315. The van der Waals surface area contributed by atoms with E-state index in [1.54, 1.807) is 20.0 Å². The highest BCUT2D eigenvalue weighted by atomic mass is 32.2. The van der Waals surface area contributed by atoms with Crippen molar-refractivity contribution in [2.75, 3.05) is 18.6 Å². The van der Waals surface area contributed by atoms with Crippen molar-refractivity contribution in [3.05, 3.63) is 11.6 Å². The van der Waals surface area contributed by atoms with Gasteiger partial charge in [0.25, 0.3) is 0 Å². The molecule has 2 aliphatic rings. The number of allylic oxidation sites excluding steroid dienone is 1. The molecule has 2 fully saturated rings. The van der Waals surface area contributed by atoms with Crippen LogP contribution in [0.4, 0.5) is 0 Å². The van der Waals surface area contributed by atoms with Gasteiger partial charge in [-0.05, 0) is 32.6 Å². The Morgan fingerprint density at radius 2 is 2.05 bits per heavy atom. The molecule has 110 valence electrons. The predicted molar refractivity (Wildman–Crippen MR) is 78.4 cm³/mol. The fraction of sp³-hybridized carbons (Fsp3) is 0.714. The molecule has 0 aromatic rings. The Labute approximate surface area is 120 Å². The van der Waals surface area contributed by atoms with E-state index in [4.69, 9.17) is 0 Å². The van der Waals surface area contributed by atoms with Crippen molar-refractivity contribution in [1.82, 2.24) is 5.32 Å². The van der Waals surface area contributed by atoms with Gasteiger partial charge < -0.3 is 5.32 Å². The first kappa shape index (κ1) is 15.0. The molecule has 20 heavy (non-hydrogen) atoms. The largest absolute Gasteiger partial charge is 0.355 e. The summed E-state index contributed by atoms with van der Waals surface area (Å²) in [7, 11) is -0.606. The van der Waals surface area contributed by atoms with Crippen molar-refractivity contribution in [3.8, 4) is 6.07 Å². The van der Waals surface area contributed by atoms with Gasteiger partial charge in [0.1, 0.15) is 0 Å². The highest BCUT2D eigenvalue weighted by Crippen LogP contribution is 2.40. The number of likely N-dealkylation sites (N-methyl/N-ethyl adjacent to an activating group) is 1. The van der Waals surface area contributed by atoms with Crippen molar-refractivity contribution in [3.63, 3.8) is 0 Å². The first-order chi connectivity index (χ1) is 9.48. The number of carbonyl (C=O) groups excluding carboxylic acids is 1. The van der Waals surface area contributed by atoms with E-state index in [2.05, 4.69) is 15.7 Å². The molecule has 1 saturated carbocycles. The number of amides is 1. The summed E-state index contributed by atoms with van der Waals surface area (Å²) in [6.45, 7) is 1.77. The molecule has 0 aromatic carbocycles. The maximum Gasteiger partial charge on any atom is 0.248 e. The maximum atomic E-state index is 12.6. The molecule has 0 aromatic heterocycles. The number of nitrogens with one attached hydrogen (secondary N) is 1. The summed E-state index contributed by atoms with van der Waals surface area (Å²) in [6.07, 6.45) is 4.68. The van der Waals surface area contributed by atoms with E-state index in [1.165, 1.54) is 0 Å². The quantitative estimate of drug-likeness (QED) is 0.803. The maximum absolute atomic E-state index is 12.6. The van der Waals surface area contributed by atoms with Gasteiger partial charge in [-0.2, -0.15) is 5.26 Å². The smallest absolute Gasteiger partial charge is 0.248 e. The van der Waals surface area contributed by atoms with E-state index in [1.807, 2.05) is 0 Å². The van der Waals surface area contributed by atoms with E-state index in [-0.39, 0.29) is 11.9 Å². The van der Waals surface area contributed by atoms with E-state index in [9.17, 15) is 14.3 Å². The Balaban J connectivity index is 2.22. The van der Waals surface area contributed by atoms with Crippen LogP contribution in [0.1, 0.15) is 32.6 Å². The van der Waals surface area contributed by atoms with Crippen LogP contribution in [0.25, 0.3) is 0 Å². The van der Waals surface area contributed by atoms with Crippen LogP contribution in [-0.4, -0.2) is 34.7 Å². The Kier molecular flexibility index (Phi) is 4.19. The van der Waals surface area contributed by atoms with Crippen molar-refractivity contribution < 1.29 is 9.00 Å². The molecule has 0 radical (unpaired) electrons. The van der Waals surface area contributed by atoms with Gasteiger partial charge in [0, 0.05) is 33.9 Å². The molecule has 0 bridgehead atoms. The van der Waals surface area contributed by atoms with Gasteiger partial charge >= 0.3 is 0 Å². The zero-order valence-electron chi connectivity index (χ0n) is 12.0. The third-order valence-electron chi connectivity index (χ3n) is 4.07. The van der Waals surface area contributed by atoms with Crippen LogP contribution in [0.5, 0.6) is 0 Å². The first-order valence-electron chi connectivity index (χ1n) is 7.00. The second kappa shape index (κ2) is 5.57. The van der Waals surface area contributed by atoms with Crippen LogP contribution >= 0.6 is 0 Å². The van der Waals surface area contributed by atoms with Gasteiger partial charge in [-0.15, -0.1) is 0 Å². The van der Waals surface area contributed by atoms with E-state index >= 15 is 0 Å². The predicted octanol–water partition coefficient (Wildman–Crippen LogP) is 1.61. The topological polar surface area (TPSA) is 82.3 Å². The van der Waals surface area contributed by atoms with Crippen LogP contribution in [0.3, 0.4) is 0 Å².